The van der Waals surface area contributed by atoms with Gasteiger partial charge in [0.25, 0.3) is 0 Å². The van der Waals surface area contributed by atoms with Crippen molar-refractivity contribution in [1.82, 2.24) is 0 Å². The third-order valence-corrected chi connectivity index (χ3v) is 6.11. The van der Waals surface area contributed by atoms with Gasteiger partial charge in [-0.3, -0.25) is 0 Å². The molecule has 0 fully saturated rings. The van der Waals surface area contributed by atoms with Crippen LogP contribution in [0.3, 0.4) is 0 Å². The number of hydrogen-bond acceptors (Lipinski definition) is 6. The Bertz CT molecular complexity index is 1130. The number of nitrogens with two attached hydrogens (primary N) is 1. The van der Waals surface area contributed by atoms with E-state index in [2.05, 4.69) is 22.0 Å². The highest BCUT2D eigenvalue weighted by molar-refractivity contribution is 9.10. The van der Waals surface area contributed by atoms with Crippen LogP contribution in [0.15, 0.2) is 51.6 Å². The van der Waals surface area contributed by atoms with Crippen LogP contribution in [0.5, 0.6) is 17.2 Å². The molecule has 0 amide bonds. The molecule has 0 saturated heterocycles. The molecular weight excluding hydrogens is 428 g/mol. The lowest BCUT2D eigenvalue weighted by molar-refractivity contribution is 0.352. The Morgan fingerprint density at radius 1 is 1.22 bits per heavy atom. The summed E-state index contributed by atoms with van der Waals surface area (Å²) in [5.41, 5.74) is 8.26. The number of halogens is 1. The number of methoxy groups -OCH3 is 2. The zero-order chi connectivity index (χ0) is 19.1. The van der Waals surface area contributed by atoms with E-state index in [0.717, 1.165) is 25.7 Å². The molecule has 27 heavy (non-hydrogen) atoms. The third-order valence-electron chi connectivity index (χ3n) is 4.59. The van der Waals surface area contributed by atoms with Crippen molar-refractivity contribution in [2.75, 3.05) is 14.2 Å². The number of benzene rings is 2. The van der Waals surface area contributed by atoms with E-state index in [1.165, 1.54) is 0 Å². The van der Waals surface area contributed by atoms with Crippen molar-refractivity contribution in [2.45, 2.75) is 5.92 Å². The number of allylic oxidation sites excluding steroid dienone is 1. The van der Waals surface area contributed by atoms with Gasteiger partial charge in [0.1, 0.15) is 11.6 Å². The van der Waals surface area contributed by atoms with Crippen LogP contribution in [0.1, 0.15) is 17.0 Å². The van der Waals surface area contributed by atoms with Gasteiger partial charge in [-0.05, 0) is 50.5 Å². The fourth-order valence-electron chi connectivity index (χ4n) is 3.39. The molecule has 7 heteroatoms. The van der Waals surface area contributed by atoms with Crippen molar-refractivity contribution in [2.24, 2.45) is 5.73 Å². The predicted octanol–water partition coefficient (Wildman–Crippen LogP) is 4.90. The van der Waals surface area contributed by atoms with Gasteiger partial charge in [-0.15, -0.1) is 11.3 Å². The van der Waals surface area contributed by atoms with Crippen LogP contribution in [-0.2, 0) is 0 Å². The normalized spacial score (nSPS) is 15.9. The zero-order valence-electron chi connectivity index (χ0n) is 14.6. The van der Waals surface area contributed by atoms with Gasteiger partial charge >= 0.3 is 0 Å². The topological polar surface area (TPSA) is 77.5 Å². The Hall–Kier alpha value is -2.69. The molecule has 3 aromatic rings. The number of hydrogen-bond donors (Lipinski definition) is 1. The first-order chi connectivity index (χ1) is 13.1. The Morgan fingerprint density at radius 2 is 2.04 bits per heavy atom. The number of nitriles is 1. The summed E-state index contributed by atoms with van der Waals surface area (Å²) in [6, 6.07) is 12.1. The average Bonchev–Trinajstić information content (AvgIpc) is 3.15. The van der Waals surface area contributed by atoms with Gasteiger partial charge in [-0.2, -0.15) is 5.26 Å². The minimum atomic E-state index is -0.360. The molecule has 0 saturated carbocycles. The van der Waals surface area contributed by atoms with Crippen molar-refractivity contribution in [3.8, 4) is 23.3 Å². The minimum absolute atomic E-state index is 0.127. The predicted molar refractivity (Wildman–Crippen MR) is 108 cm³/mol. The van der Waals surface area contributed by atoms with Crippen molar-refractivity contribution in [3.05, 3.63) is 62.8 Å². The van der Waals surface area contributed by atoms with Crippen LogP contribution < -0.4 is 19.9 Å². The van der Waals surface area contributed by atoms with Crippen molar-refractivity contribution < 1.29 is 14.2 Å². The van der Waals surface area contributed by atoms with E-state index in [-0.39, 0.29) is 11.8 Å². The lowest BCUT2D eigenvalue weighted by Gasteiger charge is -2.27. The summed E-state index contributed by atoms with van der Waals surface area (Å²) < 4.78 is 18.5. The molecule has 1 aromatic heterocycles. The van der Waals surface area contributed by atoms with E-state index < -0.39 is 0 Å². The van der Waals surface area contributed by atoms with E-state index in [1.54, 1.807) is 25.6 Å². The summed E-state index contributed by atoms with van der Waals surface area (Å²) in [5.74, 6) is 1.64. The maximum atomic E-state index is 9.76. The first kappa shape index (κ1) is 17.7. The van der Waals surface area contributed by atoms with Gasteiger partial charge < -0.3 is 19.9 Å². The Morgan fingerprint density at radius 3 is 2.74 bits per heavy atom. The van der Waals surface area contributed by atoms with Crippen molar-refractivity contribution in [1.29, 1.82) is 5.26 Å². The second kappa shape index (κ2) is 6.80. The van der Waals surface area contributed by atoms with Gasteiger partial charge in [-0.25, -0.2) is 0 Å². The second-order valence-electron chi connectivity index (χ2n) is 5.99. The van der Waals surface area contributed by atoms with E-state index in [9.17, 15) is 5.26 Å². The van der Waals surface area contributed by atoms with E-state index in [4.69, 9.17) is 19.9 Å². The lowest BCUT2D eigenvalue weighted by Crippen LogP contribution is -2.21. The molecule has 1 aliphatic rings. The summed E-state index contributed by atoms with van der Waals surface area (Å²) in [7, 11) is 3.16. The molecule has 136 valence electrons. The monoisotopic (exact) mass is 442 g/mol. The molecule has 0 spiro atoms. The number of thiophene rings is 1. The minimum Gasteiger partial charge on any atom is -0.493 e. The van der Waals surface area contributed by atoms with Gasteiger partial charge in [-0.1, -0.05) is 12.1 Å². The third kappa shape index (κ3) is 2.73. The molecule has 0 bridgehead atoms. The number of nitrogens with zero attached hydrogens (tertiary/aromatic N) is 1. The SMILES string of the molecule is COc1cc(C2C(C#N)=C(N)Oc3c2ccc2ccsc32)cc(Br)c1OC. The van der Waals surface area contributed by atoms with Crippen molar-refractivity contribution in [3.63, 3.8) is 0 Å². The van der Waals surface area contributed by atoms with Gasteiger partial charge in [0.15, 0.2) is 17.2 Å². The second-order valence-corrected chi connectivity index (χ2v) is 7.76. The Labute approximate surface area is 168 Å². The average molecular weight is 443 g/mol. The molecule has 4 rings (SSSR count). The molecule has 5 nitrogen and oxygen atoms in total. The van der Waals surface area contributed by atoms with Crippen molar-refractivity contribution >= 4 is 37.4 Å². The molecule has 0 radical (unpaired) electrons. The molecular formula is C20H15BrN2O3S. The number of rotatable bonds is 3. The smallest absolute Gasteiger partial charge is 0.205 e. The molecule has 1 aliphatic heterocycles. The maximum Gasteiger partial charge on any atom is 0.205 e. The summed E-state index contributed by atoms with van der Waals surface area (Å²) in [4.78, 5) is 0. The van der Waals surface area contributed by atoms with Gasteiger partial charge in [0, 0.05) is 5.56 Å². The van der Waals surface area contributed by atoms with Crippen LogP contribution in [0.2, 0.25) is 0 Å². The van der Waals surface area contributed by atoms with E-state index in [0.29, 0.717) is 22.8 Å². The molecule has 2 heterocycles. The van der Waals surface area contributed by atoms with Gasteiger partial charge in [0.2, 0.25) is 5.88 Å². The molecule has 2 N–H and O–H groups in total. The molecule has 2 aromatic carbocycles. The summed E-state index contributed by atoms with van der Waals surface area (Å²) >= 11 is 5.12. The quantitative estimate of drug-likeness (QED) is 0.623. The molecule has 1 atom stereocenters. The van der Waals surface area contributed by atoms with Crippen LogP contribution in [0, 0.1) is 11.3 Å². The van der Waals surface area contributed by atoms with Crippen LogP contribution in [0.25, 0.3) is 10.1 Å². The highest BCUT2D eigenvalue weighted by Gasteiger charge is 2.33. The Balaban J connectivity index is 1.99. The van der Waals surface area contributed by atoms with Crippen LogP contribution in [-0.4, -0.2) is 14.2 Å². The zero-order valence-corrected chi connectivity index (χ0v) is 17.0. The number of ether oxygens (including phenoxy) is 3. The largest absolute Gasteiger partial charge is 0.493 e. The Kier molecular flexibility index (Phi) is 4.46. The van der Waals surface area contributed by atoms with E-state index >= 15 is 0 Å². The molecule has 1 unspecified atom stereocenters. The summed E-state index contributed by atoms with van der Waals surface area (Å²) in [5, 5.41) is 12.8. The van der Waals surface area contributed by atoms with Crippen LogP contribution in [0.4, 0.5) is 0 Å². The summed E-state index contributed by atoms with van der Waals surface area (Å²) in [6.07, 6.45) is 0. The fraction of sp³-hybridized carbons (Fsp3) is 0.150. The lowest BCUT2D eigenvalue weighted by atomic mass is 9.83. The first-order valence-electron chi connectivity index (χ1n) is 8.08. The highest BCUT2D eigenvalue weighted by Crippen LogP contribution is 2.48. The standard InChI is InChI=1S/C20H15BrN2O3S/c1-24-15-8-11(7-14(21)18(15)25-2)16-12-4-3-10-5-6-27-19(10)17(12)26-20(23)13(16)9-22/h3-8,16H,23H2,1-2H3. The molecule has 0 aliphatic carbocycles. The number of fused-ring (bicyclic) bond motifs is 3. The van der Waals surface area contributed by atoms with Gasteiger partial charge in [0.05, 0.1) is 29.3 Å². The highest BCUT2D eigenvalue weighted by atomic mass is 79.9. The van der Waals surface area contributed by atoms with Crippen LogP contribution >= 0.6 is 27.3 Å². The van der Waals surface area contributed by atoms with E-state index in [1.807, 2.05) is 35.7 Å². The summed E-state index contributed by atoms with van der Waals surface area (Å²) in [6.45, 7) is 0. The first-order valence-corrected chi connectivity index (χ1v) is 9.75. The fourth-order valence-corrected chi connectivity index (χ4v) is 4.90. The maximum absolute atomic E-state index is 9.76.